The van der Waals surface area contributed by atoms with Crippen LogP contribution in [0.2, 0.25) is 0 Å². The summed E-state index contributed by atoms with van der Waals surface area (Å²) in [6.07, 6.45) is -4.46. The zero-order valence-electron chi connectivity index (χ0n) is 28.2. The largest absolute Gasteiger partial charge is 0.490 e. The Bertz CT molecular complexity index is 1840. The van der Waals surface area contributed by atoms with Crippen molar-refractivity contribution in [2.45, 2.75) is 55.8 Å². The molecule has 1 saturated carbocycles. The molecule has 7 rings (SSSR count). The number of β-amino-alcohol motifs (C(OH)–C–C–N with tert-alkyl or cyclic N) is 1. The fraction of sp³-hybridized carbons (Fsp3) is 0.432. The Balaban J connectivity index is 1.05. The van der Waals surface area contributed by atoms with Gasteiger partial charge in [0.25, 0.3) is 0 Å². The Morgan fingerprint density at radius 2 is 1.90 bits per heavy atom. The smallest absolute Gasteiger partial charge is 0.405 e. The number of fused-ring (bicyclic) bond motifs is 1. The van der Waals surface area contributed by atoms with Crippen molar-refractivity contribution in [1.29, 1.82) is 0 Å². The average molecular weight is 740 g/mol. The molecule has 2 amide bonds. The number of para-hydroxylation sites is 1. The maximum absolute atomic E-state index is 14.2. The van der Waals surface area contributed by atoms with Crippen LogP contribution in [0, 0.1) is 5.41 Å². The van der Waals surface area contributed by atoms with Crippen LogP contribution in [-0.4, -0.2) is 101 Å². The molecule has 4 N–H and O–H groups in total. The number of amides is 2. The van der Waals surface area contributed by atoms with E-state index in [1.807, 2.05) is 45.9 Å². The number of rotatable bonds is 12. The summed E-state index contributed by atoms with van der Waals surface area (Å²) in [6, 6.07) is 18.4. The van der Waals surface area contributed by atoms with Gasteiger partial charge in [0, 0.05) is 48.7 Å². The number of carbonyl (C=O) groups is 2. The number of thiophene rings is 1. The minimum Gasteiger partial charge on any atom is -0.490 e. The number of alkyl halides is 3. The molecule has 1 aromatic carbocycles. The highest BCUT2D eigenvalue weighted by Crippen LogP contribution is 2.63. The molecule has 0 spiro atoms. The van der Waals surface area contributed by atoms with E-state index < -0.39 is 48.3 Å². The van der Waals surface area contributed by atoms with Crippen molar-refractivity contribution in [2.24, 2.45) is 5.41 Å². The minimum atomic E-state index is -4.59. The zero-order chi connectivity index (χ0) is 36.5. The van der Waals surface area contributed by atoms with Crippen molar-refractivity contribution in [3.8, 4) is 17.2 Å². The number of aliphatic hydroxyl groups excluding tert-OH is 2. The lowest BCUT2D eigenvalue weighted by atomic mass is 9.91. The topological polar surface area (TPSA) is 140 Å². The van der Waals surface area contributed by atoms with Gasteiger partial charge in [0.1, 0.15) is 42.5 Å². The third-order valence-electron chi connectivity index (χ3n) is 10.1. The number of ether oxygens (including phenoxy) is 1. The maximum Gasteiger partial charge on any atom is 0.405 e. The molecule has 0 radical (unpaired) electrons. The third-order valence-corrected chi connectivity index (χ3v) is 11.1. The van der Waals surface area contributed by atoms with E-state index in [9.17, 15) is 33.0 Å². The van der Waals surface area contributed by atoms with Gasteiger partial charge in [-0.05, 0) is 54.6 Å². The summed E-state index contributed by atoms with van der Waals surface area (Å²) in [5.74, 6) is 0.492. The van der Waals surface area contributed by atoms with E-state index in [2.05, 4.69) is 10.3 Å². The number of hydrogen-bond donors (Lipinski definition) is 4. The van der Waals surface area contributed by atoms with E-state index in [1.54, 1.807) is 47.5 Å². The molecule has 2 aliphatic heterocycles. The number of benzene rings is 1. The SMILES string of the molecule is O=C(NCC(F)(F)F)[C@@H]1CN(Cc2ccc(-c3ccccn3)o2)CCN1C[C@@H](O)C[C@]1(C(=O)N[C@H]2c3ccccc3OC[C@H]2O)C[C@H]1c1cccs1. The first-order valence-electron chi connectivity index (χ1n) is 17.2. The zero-order valence-corrected chi connectivity index (χ0v) is 29.0. The second kappa shape index (κ2) is 15.0. The van der Waals surface area contributed by atoms with Crippen molar-refractivity contribution >= 4 is 23.2 Å². The Labute approximate surface area is 302 Å². The first-order chi connectivity index (χ1) is 25.0. The molecule has 52 heavy (non-hydrogen) atoms. The molecule has 4 aromatic rings. The van der Waals surface area contributed by atoms with Crippen LogP contribution in [0.25, 0.3) is 11.5 Å². The van der Waals surface area contributed by atoms with Crippen LogP contribution in [-0.2, 0) is 16.1 Å². The van der Waals surface area contributed by atoms with E-state index in [1.165, 1.54) is 11.3 Å². The Morgan fingerprint density at radius 1 is 1.08 bits per heavy atom. The second-order valence-corrected chi connectivity index (χ2v) is 14.7. The van der Waals surface area contributed by atoms with Gasteiger partial charge in [-0.1, -0.05) is 30.3 Å². The number of halogens is 3. The normalized spacial score (nSPS) is 25.5. The first-order valence-corrected chi connectivity index (χ1v) is 18.1. The number of aromatic nitrogens is 1. The summed E-state index contributed by atoms with van der Waals surface area (Å²) in [4.78, 5) is 36.4. The van der Waals surface area contributed by atoms with Gasteiger partial charge in [-0.25, -0.2) is 0 Å². The highest BCUT2D eigenvalue weighted by molar-refractivity contribution is 7.10. The molecule has 3 aliphatic rings. The van der Waals surface area contributed by atoms with E-state index >= 15 is 0 Å². The fourth-order valence-corrected chi connectivity index (χ4v) is 8.37. The lowest BCUT2D eigenvalue weighted by Gasteiger charge is -2.41. The molecule has 11 nitrogen and oxygen atoms in total. The lowest BCUT2D eigenvalue weighted by molar-refractivity contribution is -0.144. The van der Waals surface area contributed by atoms with Gasteiger partial charge in [-0.15, -0.1) is 11.3 Å². The molecule has 3 aromatic heterocycles. The number of aliphatic hydroxyl groups is 2. The molecule has 15 heteroatoms. The predicted molar refractivity (Wildman–Crippen MR) is 185 cm³/mol. The molecule has 0 bridgehead atoms. The highest BCUT2D eigenvalue weighted by Gasteiger charge is 2.62. The molecule has 5 heterocycles. The van der Waals surface area contributed by atoms with Crippen LogP contribution in [0.1, 0.15) is 41.0 Å². The Kier molecular flexibility index (Phi) is 10.4. The highest BCUT2D eigenvalue weighted by atomic mass is 32.1. The summed E-state index contributed by atoms with van der Waals surface area (Å²) in [6.45, 7) is -0.330. The molecule has 0 unspecified atom stereocenters. The molecule has 1 saturated heterocycles. The standard InChI is InChI=1S/C37H40F3N5O6S/c38-37(39,40)22-42-34(48)28-20-44(19-24-10-11-31(51-24)27-7-3-4-12-41-27)13-14-45(28)18-23(46)16-36(17-26(36)32-9-5-15-52-32)35(49)43-33-25-6-1-2-8-30(25)50-21-29(33)47/h1-12,15,23,26,28-29,33,46-47H,13-14,16-22H2,(H,42,48)(H,43,49)/t23-,26-,28-,29+,33-,36-/m0/s1. The summed E-state index contributed by atoms with van der Waals surface area (Å²) >= 11 is 1.52. The predicted octanol–water partition coefficient (Wildman–Crippen LogP) is 4.10. The number of pyridine rings is 1. The van der Waals surface area contributed by atoms with Crippen LogP contribution in [0.5, 0.6) is 5.75 Å². The molecule has 276 valence electrons. The van der Waals surface area contributed by atoms with Crippen molar-refractivity contribution in [1.82, 2.24) is 25.4 Å². The van der Waals surface area contributed by atoms with Gasteiger partial charge in [-0.3, -0.25) is 24.4 Å². The van der Waals surface area contributed by atoms with Gasteiger partial charge in [0.15, 0.2) is 5.76 Å². The van der Waals surface area contributed by atoms with Crippen LogP contribution in [0.3, 0.4) is 0 Å². The van der Waals surface area contributed by atoms with Gasteiger partial charge < -0.3 is 30.0 Å². The van der Waals surface area contributed by atoms with Crippen molar-refractivity contribution < 1.29 is 42.1 Å². The molecular weight excluding hydrogens is 699 g/mol. The van der Waals surface area contributed by atoms with E-state index in [4.69, 9.17) is 9.15 Å². The van der Waals surface area contributed by atoms with Crippen molar-refractivity contribution in [3.05, 3.63) is 94.5 Å². The van der Waals surface area contributed by atoms with Crippen LogP contribution in [0.15, 0.2) is 82.7 Å². The van der Waals surface area contributed by atoms with E-state index in [0.717, 1.165) is 4.88 Å². The summed E-state index contributed by atoms with van der Waals surface area (Å²) in [5, 5.41) is 29.4. The number of carbonyl (C=O) groups excluding carboxylic acids is 2. The molecule has 6 atom stereocenters. The third kappa shape index (κ3) is 8.03. The van der Waals surface area contributed by atoms with Crippen LogP contribution < -0.4 is 15.4 Å². The molecular formula is C37H40F3N5O6S. The van der Waals surface area contributed by atoms with Gasteiger partial charge in [0.2, 0.25) is 11.8 Å². The van der Waals surface area contributed by atoms with E-state index in [0.29, 0.717) is 48.0 Å². The van der Waals surface area contributed by atoms with Gasteiger partial charge in [-0.2, -0.15) is 13.2 Å². The quantitative estimate of drug-likeness (QED) is 0.169. The minimum absolute atomic E-state index is 0.0149. The number of piperazine rings is 1. The van der Waals surface area contributed by atoms with Crippen LogP contribution in [0.4, 0.5) is 13.2 Å². The van der Waals surface area contributed by atoms with Crippen molar-refractivity contribution in [3.63, 3.8) is 0 Å². The Morgan fingerprint density at radius 3 is 2.67 bits per heavy atom. The molecule has 2 fully saturated rings. The number of nitrogens with one attached hydrogen (secondary N) is 2. The van der Waals surface area contributed by atoms with Gasteiger partial charge in [0.05, 0.1) is 24.1 Å². The monoisotopic (exact) mass is 739 g/mol. The van der Waals surface area contributed by atoms with Gasteiger partial charge >= 0.3 is 6.18 Å². The van der Waals surface area contributed by atoms with E-state index in [-0.39, 0.29) is 44.5 Å². The summed E-state index contributed by atoms with van der Waals surface area (Å²) in [5.41, 5.74) is 0.332. The van der Waals surface area contributed by atoms with Crippen LogP contribution >= 0.6 is 11.3 Å². The number of furan rings is 1. The molecule has 1 aliphatic carbocycles. The average Bonchev–Trinajstić information content (AvgIpc) is 3.43. The maximum atomic E-state index is 14.2. The summed E-state index contributed by atoms with van der Waals surface area (Å²) in [7, 11) is 0. The lowest BCUT2D eigenvalue weighted by Crippen LogP contribution is -2.60. The Hall–Kier alpha value is -4.28. The number of nitrogens with zero attached hydrogens (tertiary/aromatic N) is 3. The summed E-state index contributed by atoms with van der Waals surface area (Å²) < 4.78 is 51.1. The van der Waals surface area contributed by atoms with Crippen molar-refractivity contribution in [2.75, 3.05) is 39.3 Å². The first kappa shape index (κ1) is 36.1. The number of hydrogen-bond acceptors (Lipinski definition) is 10. The fourth-order valence-electron chi connectivity index (χ4n) is 7.42. The second-order valence-electron chi connectivity index (χ2n) is 13.7.